The van der Waals surface area contributed by atoms with Crippen molar-refractivity contribution in [2.45, 2.75) is 19.8 Å². The molecule has 1 aliphatic rings. The van der Waals surface area contributed by atoms with Gasteiger partial charge < -0.3 is 15.4 Å². The summed E-state index contributed by atoms with van der Waals surface area (Å²) in [6, 6.07) is 5.33. The van der Waals surface area contributed by atoms with Crippen LogP contribution in [-0.2, 0) is 4.74 Å². The number of nitro groups is 1. The lowest BCUT2D eigenvalue weighted by Crippen LogP contribution is -2.23. The molecule has 1 aliphatic heterocycles. The van der Waals surface area contributed by atoms with E-state index in [-0.39, 0.29) is 10.6 Å². The second-order valence-corrected chi connectivity index (χ2v) is 4.93. The number of anilines is 2. The topological polar surface area (TPSA) is 76.4 Å². The second-order valence-electron chi connectivity index (χ2n) is 4.93. The Morgan fingerprint density at radius 1 is 1.30 bits per heavy atom. The number of nitrogens with one attached hydrogen (secondary N) is 2. The molecule has 0 amide bonds. The molecule has 0 bridgehead atoms. The Kier molecular flexibility index (Phi) is 5.17. The van der Waals surface area contributed by atoms with Crippen molar-refractivity contribution in [2.75, 3.05) is 36.9 Å². The Bertz CT molecular complexity index is 459. The van der Waals surface area contributed by atoms with Gasteiger partial charge in [0.15, 0.2) is 0 Å². The van der Waals surface area contributed by atoms with Gasteiger partial charge in [0.25, 0.3) is 0 Å². The predicted octanol–water partition coefficient (Wildman–Crippen LogP) is 2.87. The fourth-order valence-corrected chi connectivity index (χ4v) is 2.42. The zero-order valence-electron chi connectivity index (χ0n) is 11.7. The smallest absolute Gasteiger partial charge is 0.315 e. The minimum Gasteiger partial charge on any atom is -0.381 e. The molecule has 0 spiro atoms. The van der Waals surface area contributed by atoms with Gasteiger partial charge in [0.1, 0.15) is 11.4 Å². The lowest BCUT2D eigenvalue weighted by atomic mass is 10.0. The van der Waals surface area contributed by atoms with Gasteiger partial charge in [-0.15, -0.1) is 0 Å². The van der Waals surface area contributed by atoms with Crippen molar-refractivity contribution in [2.24, 2.45) is 5.92 Å². The molecule has 1 fully saturated rings. The van der Waals surface area contributed by atoms with E-state index in [2.05, 4.69) is 10.6 Å². The van der Waals surface area contributed by atoms with Gasteiger partial charge in [0, 0.05) is 26.3 Å². The van der Waals surface area contributed by atoms with Crippen LogP contribution in [0.3, 0.4) is 0 Å². The normalized spacial score (nSPS) is 15.8. The molecular weight excluding hydrogens is 258 g/mol. The summed E-state index contributed by atoms with van der Waals surface area (Å²) in [4.78, 5) is 10.9. The lowest BCUT2D eigenvalue weighted by molar-refractivity contribution is -0.383. The molecular formula is C14H21N3O3. The maximum atomic E-state index is 11.3. The molecule has 1 saturated heterocycles. The van der Waals surface area contributed by atoms with E-state index < -0.39 is 0 Å². The van der Waals surface area contributed by atoms with Gasteiger partial charge in [-0.3, -0.25) is 10.1 Å². The highest BCUT2D eigenvalue weighted by molar-refractivity contribution is 5.76. The van der Waals surface area contributed by atoms with Crippen molar-refractivity contribution in [3.05, 3.63) is 28.3 Å². The first-order valence-electron chi connectivity index (χ1n) is 7.05. The lowest BCUT2D eigenvalue weighted by Gasteiger charge is -2.22. The molecule has 1 aromatic rings. The van der Waals surface area contributed by atoms with Crippen LogP contribution < -0.4 is 10.6 Å². The molecule has 0 aromatic heterocycles. The Hall–Kier alpha value is -1.82. The van der Waals surface area contributed by atoms with Crippen LogP contribution >= 0.6 is 0 Å². The summed E-state index contributed by atoms with van der Waals surface area (Å²) < 4.78 is 5.32. The zero-order chi connectivity index (χ0) is 14.4. The second kappa shape index (κ2) is 7.09. The number of nitrogens with zero attached hydrogens (tertiary/aromatic N) is 1. The van der Waals surface area contributed by atoms with E-state index in [1.54, 1.807) is 12.1 Å². The highest BCUT2D eigenvalue weighted by Crippen LogP contribution is 2.33. The van der Waals surface area contributed by atoms with Crippen molar-refractivity contribution in [3.8, 4) is 0 Å². The van der Waals surface area contributed by atoms with Crippen LogP contribution in [0.2, 0.25) is 0 Å². The number of ether oxygens (including phenoxy) is 1. The molecule has 6 nitrogen and oxygen atoms in total. The quantitative estimate of drug-likeness (QED) is 0.618. The molecule has 0 radical (unpaired) electrons. The standard InChI is InChI=1S/C14H21N3O3/c1-2-15-12-4-3-5-13(14(12)17(18)19)16-10-11-6-8-20-9-7-11/h3-5,11,15-16H,2,6-10H2,1H3. The molecule has 6 heteroatoms. The summed E-state index contributed by atoms with van der Waals surface area (Å²) in [5.74, 6) is 0.520. The Balaban J connectivity index is 2.09. The fraction of sp³-hybridized carbons (Fsp3) is 0.571. The van der Waals surface area contributed by atoms with Crippen LogP contribution in [0.1, 0.15) is 19.8 Å². The molecule has 110 valence electrons. The van der Waals surface area contributed by atoms with Crippen molar-refractivity contribution >= 4 is 17.1 Å². The van der Waals surface area contributed by atoms with Gasteiger partial charge in [-0.1, -0.05) is 6.07 Å². The first-order valence-corrected chi connectivity index (χ1v) is 7.05. The minimum atomic E-state index is -0.329. The van der Waals surface area contributed by atoms with E-state index in [1.807, 2.05) is 13.0 Å². The van der Waals surface area contributed by atoms with Crippen LogP contribution in [0.4, 0.5) is 17.1 Å². The average Bonchev–Trinajstić information content (AvgIpc) is 2.46. The predicted molar refractivity (Wildman–Crippen MR) is 79.3 cm³/mol. The van der Waals surface area contributed by atoms with E-state index in [0.717, 1.165) is 32.6 Å². The van der Waals surface area contributed by atoms with E-state index in [9.17, 15) is 10.1 Å². The van der Waals surface area contributed by atoms with Crippen molar-refractivity contribution in [1.82, 2.24) is 0 Å². The van der Waals surface area contributed by atoms with Crippen LogP contribution in [0, 0.1) is 16.0 Å². The SMILES string of the molecule is CCNc1cccc(NCC2CCOCC2)c1[N+](=O)[O-]. The highest BCUT2D eigenvalue weighted by Gasteiger charge is 2.20. The van der Waals surface area contributed by atoms with Gasteiger partial charge in [0.05, 0.1) is 4.92 Å². The first-order chi connectivity index (χ1) is 9.72. The maximum absolute atomic E-state index is 11.3. The summed E-state index contributed by atoms with van der Waals surface area (Å²) in [6.45, 7) is 4.90. The molecule has 0 unspecified atom stereocenters. The summed E-state index contributed by atoms with van der Waals surface area (Å²) >= 11 is 0. The van der Waals surface area contributed by atoms with Crippen LogP contribution in [0.25, 0.3) is 0 Å². The molecule has 0 atom stereocenters. The van der Waals surface area contributed by atoms with Crippen molar-refractivity contribution in [1.29, 1.82) is 0 Å². The summed E-state index contributed by atoms with van der Waals surface area (Å²) in [5.41, 5.74) is 1.27. The van der Waals surface area contributed by atoms with Crippen molar-refractivity contribution in [3.63, 3.8) is 0 Å². The van der Waals surface area contributed by atoms with Gasteiger partial charge in [-0.25, -0.2) is 0 Å². The first kappa shape index (κ1) is 14.6. The monoisotopic (exact) mass is 279 g/mol. The largest absolute Gasteiger partial charge is 0.381 e. The number of nitro benzene ring substituents is 1. The molecule has 0 aliphatic carbocycles. The fourth-order valence-electron chi connectivity index (χ4n) is 2.42. The van der Waals surface area contributed by atoms with Crippen LogP contribution in [0.5, 0.6) is 0 Å². The van der Waals surface area contributed by atoms with Crippen molar-refractivity contribution < 1.29 is 9.66 Å². The molecule has 1 aromatic carbocycles. The van der Waals surface area contributed by atoms with Gasteiger partial charge in [-0.05, 0) is 37.8 Å². The number of para-hydroxylation sites is 1. The number of hydrogen-bond donors (Lipinski definition) is 2. The molecule has 20 heavy (non-hydrogen) atoms. The van der Waals surface area contributed by atoms with Crippen LogP contribution in [0.15, 0.2) is 18.2 Å². The number of hydrogen-bond acceptors (Lipinski definition) is 5. The number of rotatable bonds is 6. The Morgan fingerprint density at radius 2 is 1.95 bits per heavy atom. The molecule has 2 rings (SSSR count). The summed E-state index contributed by atoms with van der Waals surface area (Å²) in [6.07, 6.45) is 2.02. The van der Waals surface area contributed by atoms with E-state index in [4.69, 9.17) is 4.74 Å². The third-order valence-electron chi connectivity index (χ3n) is 3.51. The maximum Gasteiger partial charge on any atom is 0.315 e. The summed E-state index contributed by atoms with van der Waals surface area (Å²) in [5, 5.41) is 17.5. The molecule has 1 heterocycles. The third kappa shape index (κ3) is 3.60. The summed E-state index contributed by atoms with van der Waals surface area (Å²) in [7, 11) is 0. The van der Waals surface area contributed by atoms with Gasteiger partial charge >= 0.3 is 5.69 Å². The molecule has 0 saturated carbocycles. The zero-order valence-corrected chi connectivity index (χ0v) is 11.7. The Morgan fingerprint density at radius 3 is 2.55 bits per heavy atom. The van der Waals surface area contributed by atoms with Crippen LogP contribution in [-0.4, -0.2) is 31.2 Å². The highest BCUT2D eigenvalue weighted by atomic mass is 16.6. The number of benzene rings is 1. The van der Waals surface area contributed by atoms with E-state index in [1.165, 1.54) is 0 Å². The van der Waals surface area contributed by atoms with Gasteiger partial charge in [0.2, 0.25) is 0 Å². The van der Waals surface area contributed by atoms with E-state index >= 15 is 0 Å². The third-order valence-corrected chi connectivity index (χ3v) is 3.51. The van der Waals surface area contributed by atoms with E-state index in [0.29, 0.717) is 23.8 Å². The minimum absolute atomic E-state index is 0.126. The Labute approximate surface area is 118 Å². The average molecular weight is 279 g/mol. The van der Waals surface area contributed by atoms with Gasteiger partial charge in [-0.2, -0.15) is 0 Å². The molecule has 2 N–H and O–H groups in total.